The largest absolute Gasteiger partial charge is 0.353 e. The Balaban J connectivity index is 1.57. The quantitative estimate of drug-likeness (QED) is 0.319. The first kappa shape index (κ1) is 23.5. The number of hydrogen-bond donors (Lipinski definition) is 3. The molecule has 4 aromatic rings. The molecule has 0 unspecified atom stereocenters. The Labute approximate surface area is 198 Å². The summed E-state index contributed by atoms with van der Waals surface area (Å²) >= 11 is 0. The molecule has 0 spiro atoms. The maximum absolute atomic E-state index is 11.2. The van der Waals surface area contributed by atoms with E-state index in [0.717, 1.165) is 22.7 Å². The van der Waals surface area contributed by atoms with Gasteiger partial charge in [-0.25, -0.2) is 9.97 Å². The molecule has 0 fully saturated rings. The summed E-state index contributed by atoms with van der Waals surface area (Å²) in [7, 11) is -0.219. The van der Waals surface area contributed by atoms with E-state index in [-0.39, 0.29) is 6.04 Å². The van der Waals surface area contributed by atoms with Gasteiger partial charge >= 0.3 is 0 Å². The highest BCUT2D eigenvalue weighted by Crippen LogP contribution is 2.28. The highest BCUT2D eigenvalue weighted by atomic mass is 32.2. The van der Waals surface area contributed by atoms with Gasteiger partial charge in [-0.15, -0.1) is 0 Å². The highest BCUT2D eigenvalue weighted by molar-refractivity contribution is 7.85. The summed E-state index contributed by atoms with van der Waals surface area (Å²) in [6, 6.07) is 14.8. The first-order valence-electron chi connectivity index (χ1n) is 10.7. The number of aromatic nitrogens is 4. The third kappa shape index (κ3) is 5.43. The van der Waals surface area contributed by atoms with Crippen LogP contribution < -0.4 is 15.5 Å². The normalized spacial score (nSPS) is 11.7. The number of nitrogens with one attached hydrogen (secondary N) is 2. The van der Waals surface area contributed by atoms with Gasteiger partial charge in [0, 0.05) is 37.7 Å². The SMILES string of the molecule is CC(C)Nc1nc2cc(N(C)c3ccnc(Nc4cccc(CS(=O)(=O)O)c4)n3)ccc2n1C. The molecule has 178 valence electrons. The number of hydrogen-bond acceptors (Lipinski definition) is 8. The molecule has 0 atom stereocenters. The summed E-state index contributed by atoms with van der Waals surface area (Å²) in [6.45, 7) is 4.15. The van der Waals surface area contributed by atoms with E-state index < -0.39 is 15.9 Å². The third-order valence-corrected chi connectivity index (χ3v) is 5.88. The van der Waals surface area contributed by atoms with Gasteiger partial charge in [-0.05, 0) is 55.8 Å². The van der Waals surface area contributed by atoms with Gasteiger partial charge in [0.25, 0.3) is 10.1 Å². The molecule has 10 nitrogen and oxygen atoms in total. The molecule has 4 rings (SSSR count). The van der Waals surface area contributed by atoms with Gasteiger partial charge in [0.2, 0.25) is 11.9 Å². The Morgan fingerprint density at radius 1 is 1.12 bits per heavy atom. The number of aryl methyl sites for hydroxylation is 1. The van der Waals surface area contributed by atoms with E-state index in [1.54, 1.807) is 36.5 Å². The fraction of sp³-hybridized carbons (Fsp3) is 0.261. The number of rotatable bonds is 8. The standard InChI is InChI=1S/C23H27N7O3S/c1-15(2)25-23-27-19-13-18(8-9-20(19)30(23)4)29(3)21-10-11-24-22(28-21)26-17-7-5-6-16(12-17)14-34(31,32)33/h5-13,15H,14H2,1-4H3,(H,25,27)(H,24,26,28)(H,31,32,33). The van der Waals surface area contributed by atoms with Crippen LogP contribution in [0.5, 0.6) is 0 Å². The van der Waals surface area contributed by atoms with Crippen molar-refractivity contribution >= 4 is 50.2 Å². The van der Waals surface area contributed by atoms with Crippen LogP contribution in [0.3, 0.4) is 0 Å². The van der Waals surface area contributed by atoms with Gasteiger partial charge in [0.1, 0.15) is 11.6 Å². The van der Waals surface area contributed by atoms with Gasteiger partial charge in [0.15, 0.2) is 0 Å². The Bertz CT molecular complexity index is 1430. The second-order valence-corrected chi connectivity index (χ2v) is 9.77. The summed E-state index contributed by atoms with van der Waals surface area (Å²) in [6.07, 6.45) is 1.65. The number of nitrogens with zero attached hydrogens (tertiary/aromatic N) is 5. The first-order valence-corrected chi connectivity index (χ1v) is 12.3. The topological polar surface area (TPSA) is 125 Å². The summed E-state index contributed by atoms with van der Waals surface area (Å²) in [4.78, 5) is 15.5. The van der Waals surface area contributed by atoms with Gasteiger partial charge in [-0.3, -0.25) is 4.55 Å². The van der Waals surface area contributed by atoms with Crippen molar-refractivity contribution in [3.05, 3.63) is 60.3 Å². The molecule has 0 aliphatic rings. The van der Waals surface area contributed by atoms with Crippen LogP contribution in [0.25, 0.3) is 11.0 Å². The highest BCUT2D eigenvalue weighted by Gasteiger charge is 2.13. The van der Waals surface area contributed by atoms with Crippen molar-refractivity contribution in [2.24, 2.45) is 7.05 Å². The lowest BCUT2D eigenvalue weighted by Crippen LogP contribution is -2.13. The average Bonchev–Trinajstić information content (AvgIpc) is 3.06. The van der Waals surface area contributed by atoms with Crippen LogP contribution in [0.4, 0.5) is 29.1 Å². The van der Waals surface area contributed by atoms with Crippen molar-refractivity contribution in [1.82, 2.24) is 19.5 Å². The summed E-state index contributed by atoms with van der Waals surface area (Å²) in [5.41, 5.74) is 3.88. The molecule has 11 heteroatoms. The number of benzene rings is 2. The minimum Gasteiger partial charge on any atom is -0.353 e. The molecule has 0 aliphatic heterocycles. The predicted molar refractivity (Wildman–Crippen MR) is 135 cm³/mol. The van der Waals surface area contributed by atoms with E-state index >= 15 is 0 Å². The lowest BCUT2D eigenvalue weighted by Gasteiger charge is -2.19. The molecular formula is C23H27N7O3S. The van der Waals surface area contributed by atoms with Crippen LogP contribution in [0.1, 0.15) is 19.4 Å². The maximum atomic E-state index is 11.2. The van der Waals surface area contributed by atoms with Gasteiger partial charge in [-0.1, -0.05) is 12.1 Å². The molecule has 0 bridgehead atoms. The number of fused-ring (bicyclic) bond motifs is 1. The van der Waals surface area contributed by atoms with E-state index in [0.29, 0.717) is 23.0 Å². The monoisotopic (exact) mass is 481 g/mol. The smallest absolute Gasteiger partial charge is 0.269 e. The third-order valence-electron chi connectivity index (χ3n) is 5.19. The lowest BCUT2D eigenvalue weighted by atomic mass is 10.2. The Morgan fingerprint density at radius 2 is 1.91 bits per heavy atom. The molecular weight excluding hydrogens is 454 g/mol. The molecule has 2 aromatic heterocycles. The van der Waals surface area contributed by atoms with E-state index in [4.69, 9.17) is 9.54 Å². The minimum atomic E-state index is -4.11. The van der Waals surface area contributed by atoms with Crippen molar-refractivity contribution < 1.29 is 13.0 Å². The van der Waals surface area contributed by atoms with Crippen molar-refractivity contribution in [3.63, 3.8) is 0 Å². The van der Waals surface area contributed by atoms with Crippen molar-refractivity contribution in [3.8, 4) is 0 Å². The van der Waals surface area contributed by atoms with Crippen molar-refractivity contribution in [2.45, 2.75) is 25.6 Å². The van der Waals surface area contributed by atoms with Gasteiger partial charge < -0.3 is 20.1 Å². The van der Waals surface area contributed by atoms with Gasteiger partial charge in [0.05, 0.1) is 11.0 Å². The van der Waals surface area contributed by atoms with E-state index in [1.807, 2.05) is 41.8 Å². The Morgan fingerprint density at radius 3 is 2.65 bits per heavy atom. The predicted octanol–water partition coefficient (Wildman–Crippen LogP) is 4.08. The molecule has 0 radical (unpaired) electrons. The van der Waals surface area contributed by atoms with Crippen LogP contribution in [0, 0.1) is 0 Å². The molecule has 0 saturated carbocycles. The zero-order valence-electron chi connectivity index (χ0n) is 19.4. The fourth-order valence-corrected chi connectivity index (χ4v) is 4.19. The molecule has 2 aromatic carbocycles. The fourth-order valence-electron chi connectivity index (χ4n) is 3.59. The Kier molecular flexibility index (Phi) is 6.40. The minimum absolute atomic E-state index is 0.276. The van der Waals surface area contributed by atoms with Crippen LogP contribution in [-0.2, 0) is 22.9 Å². The Hall–Kier alpha value is -3.70. The molecule has 3 N–H and O–H groups in total. The van der Waals surface area contributed by atoms with Gasteiger partial charge in [-0.2, -0.15) is 13.4 Å². The van der Waals surface area contributed by atoms with Crippen LogP contribution in [0.2, 0.25) is 0 Å². The molecule has 0 aliphatic carbocycles. The summed E-state index contributed by atoms with van der Waals surface area (Å²) < 4.78 is 33.5. The molecule has 34 heavy (non-hydrogen) atoms. The van der Waals surface area contributed by atoms with Crippen LogP contribution in [-0.4, -0.2) is 45.6 Å². The van der Waals surface area contributed by atoms with Crippen molar-refractivity contribution in [2.75, 3.05) is 22.6 Å². The van der Waals surface area contributed by atoms with E-state index in [9.17, 15) is 8.42 Å². The van der Waals surface area contributed by atoms with E-state index in [2.05, 4.69) is 34.4 Å². The van der Waals surface area contributed by atoms with Crippen molar-refractivity contribution in [1.29, 1.82) is 0 Å². The zero-order chi connectivity index (χ0) is 24.5. The molecule has 0 amide bonds. The van der Waals surface area contributed by atoms with E-state index in [1.165, 1.54) is 0 Å². The lowest BCUT2D eigenvalue weighted by molar-refractivity contribution is 0.482. The second-order valence-electron chi connectivity index (χ2n) is 8.32. The zero-order valence-corrected chi connectivity index (χ0v) is 20.2. The summed E-state index contributed by atoms with van der Waals surface area (Å²) in [5.74, 6) is 1.38. The van der Waals surface area contributed by atoms with Crippen LogP contribution >= 0.6 is 0 Å². The molecule has 2 heterocycles. The maximum Gasteiger partial charge on any atom is 0.269 e. The second kappa shape index (κ2) is 9.27. The van der Waals surface area contributed by atoms with Crippen LogP contribution in [0.15, 0.2) is 54.7 Å². The first-order chi connectivity index (χ1) is 16.1. The average molecular weight is 482 g/mol. The number of imidazole rings is 1. The molecule has 0 saturated heterocycles. The summed E-state index contributed by atoms with van der Waals surface area (Å²) in [5, 5.41) is 6.44. The number of anilines is 5.